The Morgan fingerprint density at radius 1 is 1.15 bits per heavy atom. The number of urea groups is 1. The highest BCUT2D eigenvalue weighted by atomic mass is 16.3. The third kappa shape index (κ3) is 3.22. The second-order valence-corrected chi connectivity index (χ2v) is 3.89. The monoisotopic (exact) mass is 272 g/mol. The summed E-state index contributed by atoms with van der Waals surface area (Å²) in [5.41, 5.74) is 5.62. The molecule has 7 nitrogen and oxygen atoms in total. The number of primary amides is 1. The summed E-state index contributed by atoms with van der Waals surface area (Å²) < 4.78 is 0. The Hall–Kier alpha value is -3.09. The van der Waals surface area contributed by atoms with Crippen LogP contribution in [0.4, 0.5) is 16.3 Å². The average Bonchev–Trinajstić information content (AvgIpc) is 2.41. The lowest BCUT2D eigenvalue weighted by Crippen LogP contribution is -2.20. The molecule has 0 spiro atoms. The van der Waals surface area contributed by atoms with Gasteiger partial charge in [0.05, 0.1) is 5.69 Å². The van der Waals surface area contributed by atoms with Crippen molar-refractivity contribution in [2.24, 2.45) is 5.73 Å². The third-order valence-electron chi connectivity index (χ3n) is 2.44. The molecule has 3 amide bonds. The fourth-order valence-electron chi connectivity index (χ4n) is 1.50. The molecule has 0 fully saturated rings. The molecule has 0 aliphatic carbocycles. The van der Waals surface area contributed by atoms with E-state index in [-0.39, 0.29) is 22.8 Å². The molecular weight excluding hydrogens is 260 g/mol. The number of anilines is 2. The van der Waals surface area contributed by atoms with Crippen LogP contribution in [0.15, 0.2) is 42.6 Å². The number of benzene rings is 1. The summed E-state index contributed by atoms with van der Waals surface area (Å²) in [6.07, 6.45) is 1.36. The van der Waals surface area contributed by atoms with Gasteiger partial charge >= 0.3 is 6.03 Å². The normalized spacial score (nSPS) is 9.80. The van der Waals surface area contributed by atoms with Gasteiger partial charge in [-0.2, -0.15) is 0 Å². The largest absolute Gasteiger partial charge is 0.506 e. The summed E-state index contributed by atoms with van der Waals surface area (Å²) in [5.74, 6) is -0.493. The van der Waals surface area contributed by atoms with E-state index < -0.39 is 11.9 Å². The number of pyridine rings is 1. The van der Waals surface area contributed by atoms with Crippen LogP contribution in [0.3, 0.4) is 0 Å². The Balaban J connectivity index is 2.07. The number of carbonyl (C=O) groups excluding carboxylic acids is 2. The number of para-hydroxylation sites is 2. The molecule has 102 valence electrons. The van der Waals surface area contributed by atoms with Crippen LogP contribution >= 0.6 is 0 Å². The number of phenolic OH excluding ortho intramolecular Hbond substituents is 1. The van der Waals surface area contributed by atoms with Gasteiger partial charge in [-0.3, -0.25) is 10.1 Å². The number of aromatic nitrogens is 1. The quantitative estimate of drug-likeness (QED) is 0.634. The number of carbonyl (C=O) groups is 2. The molecule has 1 heterocycles. The van der Waals surface area contributed by atoms with E-state index in [1.54, 1.807) is 18.2 Å². The summed E-state index contributed by atoms with van der Waals surface area (Å²) in [6, 6.07) is 8.49. The number of amides is 3. The first-order valence-corrected chi connectivity index (χ1v) is 5.68. The van der Waals surface area contributed by atoms with Crippen LogP contribution in [-0.2, 0) is 0 Å². The minimum absolute atomic E-state index is 0.0542. The number of aromatic hydroxyl groups is 1. The molecule has 0 unspecified atom stereocenters. The Kier molecular flexibility index (Phi) is 3.80. The van der Waals surface area contributed by atoms with Gasteiger partial charge in [0.15, 0.2) is 0 Å². The number of nitrogens with two attached hydrogens (primary N) is 1. The van der Waals surface area contributed by atoms with Gasteiger partial charge in [-0.05, 0) is 24.3 Å². The summed E-state index contributed by atoms with van der Waals surface area (Å²) in [6.45, 7) is 0. The van der Waals surface area contributed by atoms with Crippen LogP contribution in [0.1, 0.15) is 10.4 Å². The zero-order valence-corrected chi connectivity index (χ0v) is 10.3. The lowest BCUT2D eigenvalue weighted by molar-refractivity contribution is 0.1000. The molecule has 2 rings (SSSR count). The van der Waals surface area contributed by atoms with E-state index in [1.807, 2.05) is 0 Å². The molecule has 5 N–H and O–H groups in total. The van der Waals surface area contributed by atoms with E-state index in [0.29, 0.717) is 0 Å². The number of rotatable bonds is 3. The predicted molar refractivity (Wildman–Crippen MR) is 73.5 cm³/mol. The molecule has 0 radical (unpaired) electrons. The van der Waals surface area contributed by atoms with Crippen molar-refractivity contribution in [2.45, 2.75) is 0 Å². The van der Waals surface area contributed by atoms with Crippen molar-refractivity contribution in [3.05, 3.63) is 48.2 Å². The number of nitrogens with one attached hydrogen (secondary N) is 2. The predicted octanol–water partition coefficient (Wildman–Crippen LogP) is 1.53. The molecule has 0 saturated carbocycles. The maximum atomic E-state index is 11.7. The van der Waals surface area contributed by atoms with Crippen molar-refractivity contribution in [1.29, 1.82) is 0 Å². The van der Waals surface area contributed by atoms with Crippen molar-refractivity contribution < 1.29 is 14.7 Å². The first kappa shape index (κ1) is 13.3. The summed E-state index contributed by atoms with van der Waals surface area (Å²) in [4.78, 5) is 26.6. The van der Waals surface area contributed by atoms with Gasteiger partial charge in [-0.1, -0.05) is 12.1 Å². The van der Waals surface area contributed by atoms with E-state index in [0.717, 1.165) is 0 Å². The molecular formula is C13H12N4O3. The van der Waals surface area contributed by atoms with Crippen LogP contribution in [0, 0.1) is 0 Å². The second-order valence-electron chi connectivity index (χ2n) is 3.89. The Morgan fingerprint density at radius 3 is 2.60 bits per heavy atom. The van der Waals surface area contributed by atoms with Crippen LogP contribution in [0.25, 0.3) is 0 Å². The highest BCUT2D eigenvalue weighted by Crippen LogP contribution is 2.21. The average molecular weight is 272 g/mol. The smallest absolute Gasteiger partial charge is 0.324 e. The zero-order valence-electron chi connectivity index (χ0n) is 10.3. The first-order chi connectivity index (χ1) is 9.56. The number of hydrogen-bond donors (Lipinski definition) is 4. The van der Waals surface area contributed by atoms with Gasteiger partial charge in [-0.25, -0.2) is 9.78 Å². The fraction of sp³-hybridized carbons (Fsp3) is 0. The highest BCUT2D eigenvalue weighted by molar-refractivity contribution is 6.01. The van der Waals surface area contributed by atoms with E-state index >= 15 is 0 Å². The van der Waals surface area contributed by atoms with Crippen molar-refractivity contribution in [2.75, 3.05) is 10.6 Å². The SMILES string of the molecule is NC(=O)c1ccnc(NC(=O)Nc2ccccc2O)c1. The minimum Gasteiger partial charge on any atom is -0.506 e. The van der Waals surface area contributed by atoms with Crippen molar-refractivity contribution in [3.63, 3.8) is 0 Å². The van der Waals surface area contributed by atoms with Gasteiger partial charge in [0.1, 0.15) is 11.6 Å². The molecule has 1 aromatic carbocycles. The minimum atomic E-state index is -0.614. The van der Waals surface area contributed by atoms with Crippen molar-refractivity contribution in [3.8, 4) is 5.75 Å². The number of phenols is 1. The van der Waals surface area contributed by atoms with E-state index in [4.69, 9.17) is 5.73 Å². The maximum absolute atomic E-state index is 11.7. The van der Waals surface area contributed by atoms with Gasteiger partial charge in [0, 0.05) is 11.8 Å². The maximum Gasteiger partial charge on any atom is 0.324 e. The molecule has 0 aliphatic heterocycles. The Morgan fingerprint density at radius 2 is 1.90 bits per heavy atom. The Labute approximate surface area is 114 Å². The third-order valence-corrected chi connectivity index (χ3v) is 2.44. The summed E-state index contributed by atoms with van der Waals surface area (Å²) in [5, 5.41) is 14.4. The van der Waals surface area contributed by atoms with Crippen LogP contribution in [0.5, 0.6) is 5.75 Å². The zero-order chi connectivity index (χ0) is 14.5. The van der Waals surface area contributed by atoms with Gasteiger partial charge < -0.3 is 16.2 Å². The van der Waals surface area contributed by atoms with E-state index in [9.17, 15) is 14.7 Å². The molecule has 7 heteroatoms. The van der Waals surface area contributed by atoms with Crippen LogP contribution in [0.2, 0.25) is 0 Å². The van der Waals surface area contributed by atoms with Gasteiger partial charge in [0.2, 0.25) is 5.91 Å². The van der Waals surface area contributed by atoms with Crippen LogP contribution in [-0.4, -0.2) is 22.0 Å². The Bertz CT molecular complexity index is 658. The molecule has 0 saturated heterocycles. The molecule has 1 aromatic heterocycles. The van der Waals surface area contributed by atoms with Gasteiger partial charge in [-0.15, -0.1) is 0 Å². The molecule has 2 aromatic rings. The lowest BCUT2D eigenvalue weighted by Gasteiger charge is -2.08. The second kappa shape index (κ2) is 5.70. The molecule has 20 heavy (non-hydrogen) atoms. The highest BCUT2D eigenvalue weighted by Gasteiger charge is 2.08. The number of hydrogen-bond acceptors (Lipinski definition) is 4. The summed E-state index contributed by atoms with van der Waals surface area (Å²) >= 11 is 0. The molecule has 0 atom stereocenters. The molecule has 0 bridgehead atoms. The molecule has 0 aliphatic rings. The van der Waals surface area contributed by atoms with Crippen LogP contribution < -0.4 is 16.4 Å². The van der Waals surface area contributed by atoms with E-state index in [1.165, 1.54) is 24.4 Å². The van der Waals surface area contributed by atoms with E-state index in [2.05, 4.69) is 15.6 Å². The lowest BCUT2D eigenvalue weighted by atomic mass is 10.2. The first-order valence-electron chi connectivity index (χ1n) is 5.68. The number of nitrogens with zero attached hydrogens (tertiary/aromatic N) is 1. The summed E-state index contributed by atoms with van der Waals surface area (Å²) in [7, 11) is 0. The standard InChI is InChI=1S/C13H12N4O3/c14-12(19)8-5-6-15-11(7-8)17-13(20)16-9-3-1-2-4-10(9)18/h1-7,18H,(H2,14,19)(H2,15,16,17,20). The topological polar surface area (TPSA) is 117 Å². The van der Waals surface area contributed by atoms with Crippen molar-refractivity contribution >= 4 is 23.4 Å². The van der Waals surface area contributed by atoms with Crippen molar-refractivity contribution in [1.82, 2.24) is 4.98 Å². The van der Waals surface area contributed by atoms with Gasteiger partial charge in [0.25, 0.3) is 0 Å². The fourth-order valence-corrected chi connectivity index (χ4v) is 1.50.